The predicted octanol–water partition coefficient (Wildman–Crippen LogP) is 6.55. The summed E-state index contributed by atoms with van der Waals surface area (Å²) < 4.78 is 6.47. The molecule has 1 saturated heterocycles. The number of benzene rings is 2. The summed E-state index contributed by atoms with van der Waals surface area (Å²) in [6.45, 7) is 2.00. The van der Waals surface area contributed by atoms with Crippen molar-refractivity contribution >= 4 is 40.3 Å². The van der Waals surface area contributed by atoms with E-state index in [4.69, 9.17) is 28.2 Å². The first-order chi connectivity index (χ1) is 16.4. The smallest absolute Gasteiger partial charge is 0.174 e. The lowest BCUT2D eigenvalue weighted by Gasteiger charge is -2.26. The number of rotatable bonds is 5. The lowest BCUT2D eigenvalue weighted by atomic mass is 10.0. The van der Waals surface area contributed by atoms with E-state index in [1.165, 1.54) is 0 Å². The van der Waals surface area contributed by atoms with E-state index in [2.05, 4.69) is 44.4 Å². The van der Waals surface area contributed by atoms with Gasteiger partial charge in [-0.1, -0.05) is 29.8 Å². The van der Waals surface area contributed by atoms with E-state index >= 15 is 0 Å². The highest BCUT2D eigenvalue weighted by atomic mass is 35.5. The van der Waals surface area contributed by atoms with E-state index in [9.17, 15) is 0 Å². The van der Waals surface area contributed by atoms with Gasteiger partial charge in [0.1, 0.15) is 17.6 Å². The molecule has 1 fully saturated rings. The number of hydrogen-bond acceptors (Lipinski definition) is 4. The summed E-state index contributed by atoms with van der Waals surface area (Å²) in [5.74, 6) is 1.57. The number of nitrogens with zero attached hydrogens (tertiary/aromatic N) is 3. The number of thiocarbonyl (C=S) groups is 1. The molecule has 1 N–H and O–H groups in total. The first-order valence-electron chi connectivity index (χ1n) is 11.1. The standard InChI is InChI=1S/C27H25ClN4OS/c1-17-20(7-6-8-21(17)28)23-14-15-24(33-23)26-25(22-9-4-5-16-29-22)30-27(34)32(26)19-12-10-18(11-13-19)31(2)3/h4-16,25-26H,1-3H3,(H,30,34)/t25-,26+/m1/s1. The zero-order valence-corrected chi connectivity index (χ0v) is 20.8. The second-order valence-corrected chi connectivity index (χ2v) is 9.32. The van der Waals surface area contributed by atoms with Crippen molar-refractivity contribution in [1.82, 2.24) is 10.3 Å². The van der Waals surface area contributed by atoms with Crippen molar-refractivity contribution in [3.8, 4) is 11.3 Å². The fraction of sp³-hybridized carbons (Fsp3) is 0.185. The summed E-state index contributed by atoms with van der Waals surface area (Å²) in [6.07, 6.45) is 1.80. The van der Waals surface area contributed by atoms with Crippen LogP contribution in [0.2, 0.25) is 5.02 Å². The maximum Gasteiger partial charge on any atom is 0.174 e. The highest BCUT2D eigenvalue weighted by Crippen LogP contribution is 2.43. The van der Waals surface area contributed by atoms with E-state index in [1.807, 2.05) is 69.6 Å². The Morgan fingerprint density at radius 3 is 2.50 bits per heavy atom. The minimum Gasteiger partial charge on any atom is -0.459 e. The molecular formula is C27H25ClN4OS. The van der Waals surface area contributed by atoms with Gasteiger partial charge in [0.2, 0.25) is 0 Å². The molecule has 1 aliphatic heterocycles. The molecule has 0 amide bonds. The van der Waals surface area contributed by atoms with Crippen molar-refractivity contribution in [1.29, 1.82) is 0 Å². The van der Waals surface area contributed by atoms with Crippen molar-refractivity contribution in [3.05, 3.63) is 101 Å². The lowest BCUT2D eigenvalue weighted by molar-refractivity contribution is 0.439. The van der Waals surface area contributed by atoms with E-state index in [1.54, 1.807) is 6.20 Å². The van der Waals surface area contributed by atoms with Crippen LogP contribution in [0.4, 0.5) is 11.4 Å². The third-order valence-electron chi connectivity index (χ3n) is 6.19. The van der Waals surface area contributed by atoms with Gasteiger partial charge < -0.3 is 19.5 Å². The van der Waals surface area contributed by atoms with Crippen LogP contribution in [0.5, 0.6) is 0 Å². The second-order valence-electron chi connectivity index (χ2n) is 8.52. The zero-order chi connectivity index (χ0) is 23.8. The molecular weight excluding hydrogens is 464 g/mol. The van der Waals surface area contributed by atoms with Gasteiger partial charge >= 0.3 is 0 Å². The number of anilines is 2. The van der Waals surface area contributed by atoms with Crippen LogP contribution in [-0.4, -0.2) is 24.2 Å². The Labute approximate surface area is 210 Å². The molecule has 0 radical (unpaired) electrons. The Hall–Kier alpha value is -3.35. The van der Waals surface area contributed by atoms with Crippen LogP contribution in [0, 0.1) is 6.92 Å². The van der Waals surface area contributed by atoms with Crippen LogP contribution in [0.1, 0.15) is 29.1 Å². The largest absolute Gasteiger partial charge is 0.459 e. The van der Waals surface area contributed by atoms with Gasteiger partial charge in [-0.15, -0.1) is 0 Å². The normalized spacial score (nSPS) is 17.6. The number of halogens is 1. The number of hydrogen-bond donors (Lipinski definition) is 1. The van der Waals surface area contributed by atoms with Gasteiger partial charge in [-0.25, -0.2) is 0 Å². The van der Waals surface area contributed by atoms with Gasteiger partial charge in [0.25, 0.3) is 0 Å². The van der Waals surface area contributed by atoms with E-state index in [-0.39, 0.29) is 12.1 Å². The summed E-state index contributed by atoms with van der Waals surface area (Å²) in [4.78, 5) is 8.80. The van der Waals surface area contributed by atoms with Crippen molar-refractivity contribution in [3.63, 3.8) is 0 Å². The monoisotopic (exact) mass is 488 g/mol. The average Bonchev–Trinajstić information content (AvgIpc) is 3.46. The van der Waals surface area contributed by atoms with Gasteiger partial charge in [-0.3, -0.25) is 4.98 Å². The maximum absolute atomic E-state index is 6.47. The first kappa shape index (κ1) is 22.4. The fourth-order valence-corrected chi connectivity index (χ4v) is 4.88. The number of aromatic nitrogens is 1. The molecule has 34 heavy (non-hydrogen) atoms. The summed E-state index contributed by atoms with van der Waals surface area (Å²) in [7, 11) is 4.05. The Balaban J connectivity index is 1.59. The molecule has 2 aromatic carbocycles. The van der Waals surface area contributed by atoms with Crippen molar-refractivity contribution in [2.24, 2.45) is 0 Å². The van der Waals surface area contributed by atoms with Gasteiger partial charge in [-0.2, -0.15) is 0 Å². The molecule has 0 saturated carbocycles. The highest BCUT2D eigenvalue weighted by Gasteiger charge is 2.42. The second kappa shape index (κ2) is 9.12. The Morgan fingerprint density at radius 1 is 1.00 bits per heavy atom. The third kappa shape index (κ3) is 4.04. The van der Waals surface area contributed by atoms with Crippen molar-refractivity contribution in [2.45, 2.75) is 19.0 Å². The molecule has 7 heteroatoms. The quantitative estimate of drug-likeness (QED) is 0.321. The van der Waals surface area contributed by atoms with Crippen molar-refractivity contribution in [2.75, 3.05) is 23.9 Å². The topological polar surface area (TPSA) is 44.5 Å². The summed E-state index contributed by atoms with van der Waals surface area (Å²) in [5, 5.41) is 4.83. The minimum absolute atomic E-state index is 0.165. The molecule has 0 spiro atoms. The Kier molecular flexibility index (Phi) is 6.02. The molecule has 5 nitrogen and oxygen atoms in total. The van der Waals surface area contributed by atoms with Crippen LogP contribution in [0.15, 0.2) is 83.4 Å². The predicted molar refractivity (Wildman–Crippen MR) is 143 cm³/mol. The lowest BCUT2D eigenvalue weighted by Crippen LogP contribution is -2.29. The van der Waals surface area contributed by atoms with Gasteiger partial charge in [0.05, 0.1) is 11.7 Å². The summed E-state index contributed by atoms with van der Waals surface area (Å²) in [6, 6.07) is 23.8. The van der Waals surface area contributed by atoms with Crippen molar-refractivity contribution < 1.29 is 4.42 Å². The van der Waals surface area contributed by atoms with Gasteiger partial charge in [-0.05, 0) is 79.3 Å². The van der Waals surface area contributed by atoms with Crippen LogP contribution in [0.3, 0.4) is 0 Å². The molecule has 2 aromatic heterocycles. The highest BCUT2D eigenvalue weighted by molar-refractivity contribution is 7.80. The fourth-order valence-electron chi connectivity index (χ4n) is 4.36. The molecule has 3 heterocycles. The zero-order valence-electron chi connectivity index (χ0n) is 19.2. The number of nitrogens with one attached hydrogen (secondary N) is 1. The van der Waals surface area contributed by atoms with Gasteiger partial charge in [0, 0.05) is 42.3 Å². The molecule has 0 bridgehead atoms. The number of furan rings is 1. The minimum atomic E-state index is -0.208. The van der Waals surface area contributed by atoms with Crippen LogP contribution >= 0.6 is 23.8 Å². The Bertz CT molecular complexity index is 1320. The summed E-state index contributed by atoms with van der Waals surface area (Å²) in [5.41, 5.74) is 4.98. The molecule has 172 valence electrons. The van der Waals surface area contributed by atoms with E-state index in [0.717, 1.165) is 39.7 Å². The van der Waals surface area contributed by atoms with E-state index in [0.29, 0.717) is 10.1 Å². The first-order valence-corrected chi connectivity index (χ1v) is 11.9. The Morgan fingerprint density at radius 2 is 1.79 bits per heavy atom. The molecule has 2 atom stereocenters. The molecule has 4 aromatic rings. The average molecular weight is 489 g/mol. The van der Waals surface area contributed by atoms with Gasteiger partial charge in [0.15, 0.2) is 5.11 Å². The molecule has 5 rings (SSSR count). The summed E-state index contributed by atoms with van der Waals surface area (Å²) >= 11 is 12.2. The van der Waals surface area contributed by atoms with E-state index < -0.39 is 0 Å². The third-order valence-corrected chi connectivity index (χ3v) is 6.92. The van der Waals surface area contributed by atoms with Crippen LogP contribution < -0.4 is 15.1 Å². The van der Waals surface area contributed by atoms with Crippen LogP contribution in [-0.2, 0) is 0 Å². The molecule has 0 aliphatic carbocycles. The molecule has 0 unspecified atom stereocenters. The molecule has 1 aliphatic rings. The maximum atomic E-state index is 6.47. The van der Waals surface area contributed by atoms with Crippen LogP contribution in [0.25, 0.3) is 11.3 Å². The number of pyridine rings is 1. The SMILES string of the molecule is Cc1c(Cl)cccc1-c1ccc([C@H]2[C@@H](c3ccccn3)NC(=S)N2c2ccc(N(C)C)cc2)o1.